The number of fused-ring (bicyclic) bond motifs is 5. The Morgan fingerprint density at radius 3 is 2.59 bits per heavy atom. The molecule has 4 saturated carbocycles. The fraction of sp³-hybridized carbons (Fsp3) is 0.947. The molecular weight excluding hydrogens is 387 g/mol. The minimum atomic E-state index is -0.0829. The van der Waals surface area contributed by atoms with Gasteiger partial charge in [-0.15, -0.1) is 0 Å². The zero-order valence-corrected chi connectivity index (χ0v) is 16.0. The van der Waals surface area contributed by atoms with E-state index in [0.717, 1.165) is 37.5 Å². The van der Waals surface area contributed by atoms with Crippen LogP contribution in [0.1, 0.15) is 65.2 Å². The van der Waals surface area contributed by atoms with Gasteiger partial charge in [0, 0.05) is 16.8 Å². The van der Waals surface area contributed by atoms with E-state index in [1.165, 1.54) is 25.7 Å². The SMILES string of the molecule is CC12CC[C@H]3[C@@H]([C@H](I)C[C@H]4CC(=O)CCC43C)[C@@H]1CCC2O. The number of hydrogen-bond donors (Lipinski definition) is 1. The molecule has 0 bridgehead atoms. The maximum absolute atomic E-state index is 12.0. The minimum absolute atomic E-state index is 0.0829. The molecule has 0 radical (unpaired) electrons. The average Bonchev–Trinajstić information content (AvgIpc) is 2.77. The molecule has 4 fully saturated rings. The van der Waals surface area contributed by atoms with Gasteiger partial charge in [-0.2, -0.15) is 0 Å². The van der Waals surface area contributed by atoms with Gasteiger partial charge in [-0.05, 0) is 73.0 Å². The highest BCUT2D eigenvalue weighted by Crippen LogP contribution is 2.66. The van der Waals surface area contributed by atoms with Crippen LogP contribution in [0.2, 0.25) is 0 Å². The van der Waals surface area contributed by atoms with Gasteiger partial charge in [-0.25, -0.2) is 0 Å². The van der Waals surface area contributed by atoms with Crippen LogP contribution >= 0.6 is 22.6 Å². The highest BCUT2D eigenvalue weighted by atomic mass is 127. The third kappa shape index (κ3) is 2.03. The molecule has 124 valence electrons. The maximum Gasteiger partial charge on any atom is 0.133 e. The number of aliphatic hydroxyl groups is 1. The molecule has 0 amide bonds. The summed E-state index contributed by atoms with van der Waals surface area (Å²) in [7, 11) is 0. The Bertz CT molecular complexity index is 492. The highest BCUT2D eigenvalue weighted by molar-refractivity contribution is 14.1. The number of halogens is 1. The van der Waals surface area contributed by atoms with E-state index in [-0.39, 0.29) is 11.5 Å². The second-order valence-electron chi connectivity index (χ2n) is 9.13. The van der Waals surface area contributed by atoms with Gasteiger partial charge in [0.15, 0.2) is 0 Å². The molecule has 0 spiro atoms. The molecule has 0 aliphatic heterocycles. The third-order valence-corrected chi connectivity index (χ3v) is 9.75. The molecule has 4 aliphatic rings. The zero-order valence-electron chi connectivity index (χ0n) is 13.9. The molecule has 0 saturated heterocycles. The van der Waals surface area contributed by atoms with Gasteiger partial charge >= 0.3 is 0 Å². The number of rotatable bonds is 0. The Morgan fingerprint density at radius 1 is 1.09 bits per heavy atom. The van der Waals surface area contributed by atoms with Crippen LogP contribution in [0.4, 0.5) is 0 Å². The Hall–Kier alpha value is 0.360. The molecule has 0 aromatic heterocycles. The van der Waals surface area contributed by atoms with Gasteiger partial charge in [0.25, 0.3) is 0 Å². The number of aliphatic hydroxyl groups excluding tert-OH is 1. The molecule has 22 heavy (non-hydrogen) atoms. The fourth-order valence-electron chi connectivity index (χ4n) is 6.93. The smallest absolute Gasteiger partial charge is 0.133 e. The van der Waals surface area contributed by atoms with E-state index >= 15 is 0 Å². The Kier molecular flexibility index (Phi) is 3.73. The minimum Gasteiger partial charge on any atom is -0.393 e. The molecule has 4 rings (SSSR count). The van der Waals surface area contributed by atoms with Gasteiger partial charge in [0.2, 0.25) is 0 Å². The topological polar surface area (TPSA) is 37.3 Å². The fourth-order valence-corrected chi connectivity index (χ4v) is 8.55. The Morgan fingerprint density at radius 2 is 1.82 bits per heavy atom. The van der Waals surface area contributed by atoms with Crippen LogP contribution in [0, 0.1) is 34.5 Å². The first-order chi connectivity index (χ1) is 10.4. The lowest BCUT2D eigenvalue weighted by Crippen LogP contribution is -2.57. The summed E-state index contributed by atoms with van der Waals surface area (Å²) in [6.45, 7) is 4.85. The largest absolute Gasteiger partial charge is 0.393 e. The van der Waals surface area contributed by atoms with E-state index in [1.54, 1.807) is 0 Å². The summed E-state index contributed by atoms with van der Waals surface area (Å²) in [4.78, 5) is 12.0. The zero-order chi connectivity index (χ0) is 15.7. The number of Topliss-reactive ketones (excluding diaryl/α,β-unsaturated/α-hetero) is 1. The summed E-state index contributed by atoms with van der Waals surface area (Å²) in [6, 6.07) is 0. The highest BCUT2D eigenvalue weighted by Gasteiger charge is 2.62. The summed E-state index contributed by atoms with van der Waals surface area (Å²) < 4.78 is 0.696. The molecule has 2 nitrogen and oxygen atoms in total. The molecule has 4 aliphatic carbocycles. The van der Waals surface area contributed by atoms with Crippen molar-refractivity contribution in [1.82, 2.24) is 0 Å². The number of alkyl halides is 1. The molecule has 8 atom stereocenters. The number of ketones is 1. The van der Waals surface area contributed by atoms with Gasteiger partial charge in [0.1, 0.15) is 5.78 Å². The predicted molar refractivity (Wildman–Crippen MR) is 95.9 cm³/mol. The summed E-state index contributed by atoms with van der Waals surface area (Å²) in [5.74, 6) is 3.38. The van der Waals surface area contributed by atoms with Crippen LogP contribution in [0.25, 0.3) is 0 Å². The first-order valence-electron chi connectivity index (χ1n) is 9.20. The Labute approximate surface area is 148 Å². The summed E-state index contributed by atoms with van der Waals surface area (Å²) >= 11 is 2.69. The van der Waals surface area contributed by atoms with Crippen molar-refractivity contribution in [3.8, 4) is 0 Å². The molecule has 0 heterocycles. The van der Waals surface area contributed by atoms with E-state index in [1.807, 2.05) is 0 Å². The van der Waals surface area contributed by atoms with Crippen molar-refractivity contribution >= 4 is 28.4 Å². The Balaban J connectivity index is 1.68. The van der Waals surface area contributed by atoms with Crippen molar-refractivity contribution < 1.29 is 9.90 Å². The van der Waals surface area contributed by atoms with Crippen molar-refractivity contribution in [3.05, 3.63) is 0 Å². The van der Waals surface area contributed by atoms with Crippen molar-refractivity contribution in [3.63, 3.8) is 0 Å². The predicted octanol–water partition coefficient (Wildman–Crippen LogP) is 4.37. The average molecular weight is 416 g/mol. The molecule has 3 unspecified atom stereocenters. The standard InChI is InChI=1S/C19H29IO2/c1-18-7-5-12(21)9-11(18)10-15(20)17-13-3-4-16(22)19(13,2)8-6-14(17)18/h11,13-17,22H,3-10H2,1-2H3/t11-,13+,14+,15-,16?,17+,18?,19?/m1/s1. The van der Waals surface area contributed by atoms with Gasteiger partial charge in [-0.3, -0.25) is 4.79 Å². The van der Waals surface area contributed by atoms with E-state index in [0.29, 0.717) is 27.0 Å². The number of carbonyl (C=O) groups is 1. The van der Waals surface area contributed by atoms with E-state index in [2.05, 4.69) is 36.4 Å². The second-order valence-corrected chi connectivity index (χ2v) is 10.7. The van der Waals surface area contributed by atoms with Gasteiger partial charge in [0.05, 0.1) is 6.10 Å². The molecule has 0 aromatic carbocycles. The third-order valence-electron chi connectivity index (χ3n) is 8.41. The van der Waals surface area contributed by atoms with Crippen LogP contribution in [-0.4, -0.2) is 20.9 Å². The lowest BCUT2D eigenvalue weighted by Gasteiger charge is -2.61. The van der Waals surface area contributed by atoms with E-state index < -0.39 is 0 Å². The summed E-state index contributed by atoms with van der Waals surface area (Å²) in [5, 5.41) is 10.5. The van der Waals surface area contributed by atoms with Gasteiger partial charge < -0.3 is 5.11 Å². The van der Waals surface area contributed by atoms with E-state index in [4.69, 9.17) is 0 Å². The normalized spacial score (nSPS) is 57.9. The van der Waals surface area contributed by atoms with Crippen LogP contribution in [0.5, 0.6) is 0 Å². The molecule has 3 heteroatoms. The first-order valence-corrected chi connectivity index (χ1v) is 10.4. The summed E-state index contributed by atoms with van der Waals surface area (Å²) in [6.07, 6.45) is 8.61. The van der Waals surface area contributed by atoms with Crippen LogP contribution in [-0.2, 0) is 4.79 Å². The monoisotopic (exact) mass is 416 g/mol. The van der Waals surface area contributed by atoms with Crippen LogP contribution in [0.3, 0.4) is 0 Å². The molecule has 1 N–H and O–H groups in total. The molecule has 0 aromatic rings. The van der Waals surface area contributed by atoms with Crippen LogP contribution < -0.4 is 0 Å². The molecular formula is C19H29IO2. The summed E-state index contributed by atoms with van der Waals surface area (Å²) in [5.41, 5.74) is 0.549. The maximum atomic E-state index is 12.0. The second kappa shape index (κ2) is 5.18. The first kappa shape index (κ1) is 15.9. The lowest BCUT2D eigenvalue weighted by atomic mass is 9.45. The van der Waals surface area contributed by atoms with Crippen molar-refractivity contribution in [2.45, 2.75) is 75.2 Å². The van der Waals surface area contributed by atoms with Crippen molar-refractivity contribution in [2.24, 2.45) is 34.5 Å². The quantitative estimate of drug-likeness (QED) is 0.470. The number of hydrogen-bond acceptors (Lipinski definition) is 2. The van der Waals surface area contributed by atoms with Crippen LogP contribution in [0.15, 0.2) is 0 Å². The van der Waals surface area contributed by atoms with Crippen molar-refractivity contribution in [1.29, 1.82) is 0 Å². The van der Waals surface area contributed by atoms with Crippen molar-refractivity contribution in [2.75, 3.05) is 0 Å². The van der Waals surface area contributed by atoms with Gasteiger partial charge in [-0.1, -0.05) is 36.4 Å². The number of carbonyl (C=O) groups excluding carboxylic acids is 1. The van der Waals surface area contributed by atoms with E-state index in [9.17, 15) is 9.90 Å². The lowest BCUT2D eigenvalue weighted by molar-refractivity contribution is -0.139.